The topological polar surface area (TPSA) is 152 Å². The Kier molecular flexibility index (Phi) is 4.05. The minimum Gasteiger partial charge on any atom is -0.373 e. The second-order valence-corrected chi connectivity index (χ2v) is 6.88. The molecule has 1 fully saturated rings. The lowest BCUT2D eigenvalue weighted by atomic mass is 10.0. The van der Waals surface area contributed by atoms with Gasteiger partial charge in [0.05, 0.1) is 6.04 Å². The molecule has 1 saturated heterocycles. The third-order valence-corrected chi connectivity index (χ3v) is 5.15. The van der Waals surface area contributed by atoms with Gasteiger partial charge in [0.1, 0.15) is 0 Å². The second-order valence-electron chi connectivity index (χ2n) is 5.02. The van der Waals surface area contributed by atoms with Gasteiger partial charge in [0.25, 0.3) is 15.9 Å². The molecule has 3 heterocycles. The number of nitrogens with two attached hydrogens (primary N) is 1. The van der Waals surface area contributed by atoms with E-state index in [0.29, 0.717) is 12.8 Å². The molecular formula is C12H15N7O3S. The lowest BCUT2D eigenvalue weighted by Crippen LogP contribution is -2.44. The van der Waals surface area contributed by atoms with Crippen LogP contribution in [-0.2, 0) is 10.0 Å². The van der Waals surface area contributed by atoms with Gasteiger partial charge in [0.15, 0.2) is 5.82 Å². The minimum absolute atomic E-state index is 0.117. The molecule has 3 N–H and O–H groups in total. The van der Waals surface area contributed by atoms with Crippen molar-refractivity contribution in [3.05, 3.63) is 24.3 Å². The molecule has 11 heteroatoms. The van der Waals surface area contributed by atoms with Crippen molar-refractivity contribution in [1.29, 1.82) is 5.41 Å². The molecule has 0 spiro atoms. The number of nitrogens with zero attached hydrogens (tertiary/aromatic N) is 5. The predicted molar refractivity (Wildman–Crippen MR) is 79.5 cm³/mol. The van der Waals surface area contributed by atoms with Crippen molar-refractivity contribution in [1.82, 2.24) is 24.4 Å². The Morgan fingerprint density at radius 1 is 1.35 bits per heavy atom. The van der Waals surface area contributed by atoms with Gasteiger partial charge in [-0.15, -0.1) is 0 Å². The van der Waals surface area contributed by atoms with Crippen LogP contribution in [-0.4, -0.2) is 44.5 Å². The number of sulfonamides is 1. The van der Waals surface area contributed by atoms with Gasteiger partial charge >= 0.3 is 0 Å². The zero-order valence-corrected chi connectivity index (χ0v) is 12.9. The first-order valence-electron chi connectivity index (χ1n) is 6.97. The Balaban J connectivity index is 1.93. The van der Waals surface area contributed by atoms with Crippen LogP contribution in [0, 0.1) is 5.41 Å². The van der Waals surface area contributed by atoms with Crippen LogP contribution in [0.4, 0.5) is 0 Å². The Hall–Kier alpha value is -2.40. The molecule has 23 heavy (non-hydrogen) atoms. The highest BCUT2D eigenvalue weighted by molar-refractivity contribution is 8.04. The van der Waals surface area contributed by atoms with Crippen molar-refractivity contribution in [2.45, 2.75) is 25.3 Å². The summed E-state index contributed by atoms with van der Waals surface area (Å²) in [4.78, 5) is 12.2. The van der Waals surface area contributed by atoms with Crippen molar-refractivity contribution in [3.63, 3.8) is 0 Å². The number of rotatable bonds is 3. The summed E-state index contributed by atoms with van der Waals surface area (Å²) in [5, 5.41) is 10.3. The molecule has 0 saturated carbocycles. The van der Waals surface area contributed by atoms with Crippen molar-refractivity contribution in [2.75, 3.05) is 6.54 Å². The predicted octanol–water partition coefficient (Wildman–Crippen LogP) is 0.277. The summed E-state index contributed by atoms with van der Waals surface area (Å²) in [6.45, 7) is 0.262. The molecule has 1 atom stereocenters. The van der Waals surface area contributed by atoms with Gasteiger partial charge in [-0.2, -0.15) is 9.29 Å². The Morgan fingerprint density at radius 3 is 2.78 bits per heavy atom. The highest BCUT2D eigenvalue weighted by atomic mass is 32.2. The summed E-state index contributed by atoms with van der Waals surface area (Å²) in [5.41, 5.74) is 5.21. The molecule has 1 aliphatic heterocycles. The average molecular weight is 337 g/mol. The highest BCUT2D eigenvalue weighted by Crippen LogP contribution is 2.32. The van der Waals surface area contributed by atoms with Crippen LogP contribution in [0.3, 0.4) is 0 Å². The van der Waals surface area contributed by atoms with E-state index in [4.69, 9.17) is 15.7 Å². The smallest absolute Gasteiger partial charge is 0.295 e. The largest absolute Gasteiger partial charge is 0.373 e. The van der Waals surface area contributed by atoms with E-state index >= 15 is 0 Å². The van der Waals surface area contributed by atoms with E-state index < -0.39 is 21.2 Å². The quantitative estimate of drug-likeness (QED) is 0.598. The molecule has 2 aromatic heterocycles. The van der Waals surface area contributed by atoms with Gasteiger partial charge in [0, 0.05) is 18.9 Å². The monoisotopic (exact) mass is 337 g/mol. The number of hydrogen-bond donors (Lipinski definition) is 2. The van der Waals surface area contributed by atoms with Crippen LogP contribution in [0.2, 0.25) is 0 Å². The van der Waals surface area contributed by atoms with E-state index in [1.165, 1.54) is 0 Å². The lowest BCUT2D eigenvalue weighted by Gasteiger charge is -2.31. The van der Waals surface area contributed by atoms with E-state index in [9.17, 15) is 8.42 Å². The maximum atomic E-state index is 12.2. The molecule has 0 aromatic carbocycles. The van der Waals surface area contributed by atoms with Crippen LogP contribution in [0.25, 0.3) is 11.7 Å². The summed E-state index contributed by atoms with van der Waals surface area (Å²) in [7, 11) is -4.01. The molecule has 1 aliphatic rings. The fraction of sp³-hybridized carbons (Fsp3) is 0.417. The summed E-state index contributed by atoms with van der Waals surface area (Å²) >= 11 is 0. The maximum Gasteiger partial charge on any atom is 0.295 e. The van der Waals surface area contributed by atoms with Crippen molar-refractivity contribution < 1.29 is 12.9 Å². The number of amidine groups is 1. The number of piperidine rings is 1. The SMILES string of the molecule is N=C(N)S(=O)(=O)N1CCCCC1c1noc(-c2ncccn2)n1. The van der Waals surface area contributed by atoms with Gasteiger partial charge in [-0.25, -0.2) is 18.4 Å². The molecular weight excluding hydrogens is 322 g/mol. The second kappa shape index (κ2) is 6.01. The van der Waals surface area contributed by atoms with Crippen LogP contribution in [0.15, 0.2) is 23.0 Å². The van der Waals surface area contributed by atoms with E-state index in [2.05, 4.69) is 20.1 Å². The summed E-state index contributed by atoms with van der Waals surface area (Å²) in [6, 6.07) is 1.04. The Labute approximate surface area is 132 Å². The first-order valence-corrected chi connectivity index (χ1v) is 8.41. The molecule has 0 bridgehead atoms. The first kappa shape index (κ1) is 15.5. The molecule has 0 amide bonds. The van der Waals surface area contributed by atoms with E-state index in [0.717, 1.165) is 10.7 Å². The zero-order valence-electron chi connectivity index (χ0n) is 12.1. The molecule has 122 valence electrons. The fourth-order valence-electron chi connectivity index (χ4n) is 2.45. The number of hydrogen-bond acceptors (Lipinski definition) is 8. The number of aromatic nitrogens is 4. The van der Waals surface area contributed by atoms with Gasteiger partial charge in [-0.3, -0.25) is 5.41 Å². The fourth-order valence-corrected chi connectivity index (χ4v) is 3.60. The number of nitrogens with one attached hydrogen (secondary N) is 1. The van der Waals surface area contributed by atoms with Crippen LogP contribution in [0.1, 0.15) is 31.1 Å². The Morgan fingerprint density at radius 2 is 2.09 bits per heavy atom. The van der Waals surface area contributed by atoms with Crippen LogP contribution >= 0.6 is 0 Å². The minimum atomic E-state index is -4.01. The van der Waals surface area contributed by atoms with E-state index in [1.807, 2.05) is 0 Å². The maximum absolute atomic E-state index is 12.2. The zero-order chi connectivity index (χ0) is 16.4. The lowest BCUT2D eigenvalue weighted by molar-refractivity contribution is 0.244. The molecule has 10 nitrogen and oxygen atoms in total. The van der Waals surface area contributed by atoms with Crippen molar-refractivity contribution in [3.8, 4) is 11.7 Å². The van der Waals surface area contributed by atoms with Gasteiger partial charge in [-0.1, -0.05) is 11.6 Å². The summed E-state index contributed by atoms with van der Waals surface area (Å²) in [5.74, 6) is 0.603. The molecule has 0 aliphatic carbocycles. The van der Waals surface area contributed by atoms with Crippen molar-refractivity contribution >= 4 is 15.2 Å². The summed E-state index contributed by atoms with van der Waals surface area (Å²) < 4.78 is 30.7. The van der Waals surface area contributed by atoms with Crippen LogP contribution in [0.5, 0.6) is 0 Å². The molecule has 1 unspecified atom stereocenters. The van der Waals surface area contributed by atoms with E-state index in [-0.39, 0.29) is 24.1 Å². The highest BCUT2D eigenvalue weighted by Gasteiger charge is 2.37. The first-order chi connectivity index (χ1) is 11.0. The Bertz CT molecular complexity index is 805. The van der Waals surface area contributed by atoms with E-state index in [1.54, 1.807) is 18.5 Å². The van der Waals surface area contributed by atoms with Crippen LogP contribution < -0.4 is 5.73 Å². The normalized spacial score (nSPS) is 19.6. The average Bonchev–Trinajstić information content (AvgIpc) is 3.05. The third kappa shape index (κ3) is 2.92. The summed E-state index contributed by atoms with van der Waals surface area (Å²) in [6.07, 6.45) is 5.12. The molecule has 2 aromatic rings. The van der Waals surface area contributed by atoms with Crippen molar-refractivity contribution in [2.24, 2.45) is 5.73 Å². The molecule has 0 radical (unpaired) electrons. The molecule has 3 rings (SSSR count). The van der Waals surface area contributed by atoms with Gasteiger partial charge < -0.3 is 10.3 Å². The van der Waals surface area contributed by atoms with Gasteiger partial charge in [0.2, 0.25) is 11.0 Å². The van der Waals surface area contributed by atoms with Gasteiger partial charge in [-0.05, 0) is 18.9 Å². The third-order valence-electron chi connectivity index (χ3n) is 3.54. The standard InChI is InChI=1S/C12H15N7O3S/c13-12(14)23(20,21)19-7-2-1-4-8(19)9-17-11(22-18-9)10-15-5-3-6-16-10/h3,5-6,8H,1-2,4,7H2,(H3,13,14).